The van der Waals surface area contributed by atoms with Crippen LogP contribution in [0.4, 0.5) is 11.4 Å². The largest absolute Gasteiger partial charge is 0.483 e. The fourth-order valence-corrected chi connectivity index (χ4v) is 2.49. The summed E-state index contributed by atoms with van der Waals surface area (Å²) in [7, 11) is 0. The third-order valence-electron chi connectivity index (χ3n) is 3.91. The van der Waals surface area contributed by atoms with Crippen LogP contribution in [0.15, 0.2) is 78.9 Å². The minimum Gasteiger partial charge on any atom is -0.483 e. The molecule has 0 radical (unpaired) electrons. The Labute approximate surface area is 158 Å². The van der Waals surface area contributed by atoms with Gasteiger partial charge in [0.1, 0.15) is 5.75 Å². The first kappa shape index (κ1) is 18.2. The molecule has 0 saturated carbocycles. The van der Waals surface area contributed by atoms with Crippen LogP contribution in [0.3, 0.4) is 0 Å². The lowest BCUT2D eigenvalue weighted by Crippen LogP contribution is -2.20. The van der Waals surface area contributed by atoms with Gasteiger partial charge >= 0.3 is 0 Å². The Morgan fingerprint density at radius 3 is 2.04 bits per heavy atom. The Kier molecular flexibility index (Phi) is 5.84. The fraction of sp³-hybridized carbons (Fsp3) is 0.0909. The molecule has 0 unspecified atom stereocenters. The van der Waals surface area contributed by atoms with E-state index in [0.717, 1.165) is 5.56 Å². The van der Waals surface area contributed by atoms with Gasteiger partial charge in [0.15, 0.2) is 6.61 Å². The number of hydrogen-bond donors (Lipinski definition) is 2. The lowest BCUT2D eigenvalue weighted by Gasteiger charge is -2.10. The summed E-state index contributed by atoms with van der Waals surface area (Å²) in [5.74, 6) is 0.255. The highest BCUT2D eigenvalue weighted by Crippen LogP contribution is 2.17. The molecule has 0 fully saturated rings. The molecule has 0 heterocycles. The second-order valence-corrected chi connectivity index (χ2v) is 6.00. The third kappa shape index (κ3) is 5.19. The summed E-state index contributed by atoms with van der Waals surface area (Å²) in [6, 6.07) is 23.4. The maximum atomic E-state index is 12.1. The molecule has 0 saturated heterocycles. The minimum atomic E-state index is -0.251. The molecule has 5 heteroatoms. The van der Waals surface area contributed by atoms with E-state index in [9.17, 15) is 9.59 Å². The average Bonchev–Trinajstić information content (AvgIpc) is 2.69. The van der Waals surface area contributed by atoms with Gasteiger partial charge in [-0.25, -0.2) is 0 Å². The molecule has 0 atom stereocenters. The number of rotatable bonds is 6. The predicted octanol–water partition coefficient (Wildman–Crippen LogP) is 4.26. The molecule has 3 aromatic carbocycles. The summed E-state index contributed by atoms with van der Waals surface area (Å²) in [5, 5.41) is 5.58. The number of carbonyl (C=O) groups excluding carboxylic acids is 2. The topological polar surface area (TPSA) is 67.4 Å². The minimum absolute atomic E-state index is 0.0721. The SMILES string of the molecule is Cc1ccccc1OCC(=O)Nc1ccc(NC(=O)c2ccccc2)cc1. The van der Waals surface area contributed by atoms with Crippen molar-refractivity contribution in [2.24, 2.45) is 0 Å². The van der Waals surface area contributed by atoms with Crippen molar-refractivity contribution in [1.82, 2.24) is 0 Å². The van der Waals surface area contributed by atoms with E-state index in [4.69, 9.17) is 4.74 Å². The fourth-order valence-electron chi connectivity index (χ4n) is 2.49. The monoisotopic (exact) mass is 360 g/mol. The number of ether oxygens (including phenoxy) is 1. The van der Waals surface area contributed by atoms with E-state index in [1.807, 2.05) is 49.4 Å². The van der Waals surface area contributed by atoms with Crippen LogP contribution in [0.1, 0.15) is 15.9 Å². The Morgan fingerprint density at radius 1 is 0.778 bits per heavy atom. The molecule has 27 heavy (non-hydrogen) atoms. The van der Waals surface area contributed by atoms with E-state index in [1.165, 1.54) is 0 Å². The Balaban J connectivity index is 1.52. The molecule has 0 aliphatic carbocycles. The molecule has 0 spiro atoms. The number of hydrogen-bond acceptors (Lipinski definition) is 3. The molecule has 5 nitrogen and oxygen atoms in total. The summed E-state index contributed by atoms with van der Waals surface area (Å²) >= 11 is 0. The summed E-state index contributed by atoms with van der Waals surface area (Å²) < 4.78 is 5.53. The van der Waals surface area contributed by atoms with Crippen LogP contribution in [0, 0.1) is 6.92 Å². The third-order valence-corrected chi connectivity index (χ3v) is 3.91. The van der Waals surface area contributed by atoms with Crippen LogP contribution in [0.25, 0.3) is 0 Å². The van der Waals surface area contributed by atoms with Crippen molar-refractivity contribution in [3.63, 3.8) is 0 Å². The molecule has 0 aliphatic rings. The number of carbonyl (C=O) groups is 2. The number of aryl methyl sites for hydroxylation is 1. The molecule has 3 rings (SSSR count). The smallest absolute Gasteiger partial charge is 0.262 e. The zero-order valence-corrected chi connectivity index (χ0v) is 14.9. The van der Waals surface area contributed by atoms with Crippen molar-refractivity contribution < 1.29 is 14.3 Å². The Bertz CT molecular complexity index is 922. The molecule has 0 aromatic heterocycles. The van der Waals surface area contributed by atoms with Crippen LogP contribution in [0.5, 0.6) is 5.75 Å². The van der Waals surface area contributed by atoms with Gasteiger partial charge in [-0.05, 0) is 55.0 Å². The lowest BCUT2D eigenvalue weighted by molar-refractivity contribution is -0.118. The van der Waals surface area contributed by atoms with Crippen LogP contribution in [-0.4, -0.2) is 18.4 Å². The van der Waals surface area contributed by atoms with Crippen molar-refractivity contribution in [2.75, 3.05) is 17.2 Å². The van der Waals surface area contributed by atoms with E-state index in [-0.39, 0.29) is 18.4 Å². The van der Waals surface area contributed by atoms with Gasteiger partial charge in [-0.1, -0.05) is 36.4 Å². The Hall–Kier alpha value is -3.60. The van der Waals surface area contributed by atoms with Gasteiger partial charge in [-0.3, -0.25) is 9.59 Å². The molecule has 136 valence electrons. The van der Waals surface area contributed by atoms with Crippen molar-refractivity contribution in [3.05, 3.63) is 90.0 Å². The zero-order chi connectivity index (χ0) is 19.1. The molecule has 0 bridgehead atoms. The molecule has 0 aliphatic heterocycles. The van der Waals surface area contributed by atoms with Gasteiger partial charge in [0.05, 0.1) is 0 Å². The van der Waals surface area contributed by atoms with E-state index >= 15 is 0 Å². The molecule has 2 N–H and O–H groups in total. The highest BCUT2D eigenvalue weighted by Gasteiger charge is 2.07. The lowest BCUT2D eigenvalue weighted by atomic mass is 10.2. The standard InChI is InChI=1S/C22H20N2O3/c1-16-7-5-6-10-20(16)27-15-21(25)23-18-11-13-19(14-12-18)24-22(26)17-8-3-2-4-9-17/h2-14H,15H2,1H3,(H,23,25)(H,24,26). The summed E-state index contributed by atoms with van der Waals surface area (Å²) in [5.41, 5.74) is 2.84. The first-order chi connectivity index (χ1) is 13.1. The number of nitrogens with one attached hydrogen (secondary N) is 2. The van der Waals surface area contributed by atoms with E-state index in [0.29, 0.717) is 22.7 Å². The van der Waals surface area contributed by atoms with Gasteiger partial charge in [-0.2, -0.15) is 0 Å². The first-order valence-electron chi connectivity index (χ1n) is 8.56. The number of benzene rings is 3. The van der Waals surface area contributed by atoms with Crippen LogP contribution >= 0.6 is 0 Å². The quantitative estimate of drug-likeness (QED) is 0.690. The summed E-state index contributed by atoms with van der Waals surface area (Å²) in [6.07, 6.45) is 0. The van der Waals surface area contributed by atoms with Crippen molar-refractivity contribution in [1.29, 1.82) is 0 Å². The molecular formula is C22H20N2O3. The highest BCUT2D eigenvalue weighted by molar-refractivity contribution is 6.04. The van der Waals surface area contributed by atoms with Crippen molar-refractivity contribution in [3.8, 4) is 5.75 Å². The van der Waals surface area contributed by atoms with Gasteiger partial charge < -0.3 is 15.4 Å². The van der Waals surface area contributed by atoms with E-state index < -0.39 is 0 Å². The number of para-hydroxylation sites is 1. The molecule has 2 amide bonds. The second kappa shape index (κ2) is 8.67. The summed E-state index contributed by atoms with van der Waals surface area (Å²) in [6.45, 7) is 1.85. The van der Waals surface area contributed by atoms with Gasteiger partial charge in [0, 0.05) is 16.9 Å². The normalized spacial score (nSPS) is 10.1. The number of amides is 2. The van der Waals surface area contributed by atoms with Crippen LogP contribution < -0.4 is 15.4 Å². The van der Waals surface area contributed by atoms with Crippen molar-refractivity contribution in [2.45, 2.75) is 6.92 Å². The van der Waals surface area contributed by atoms with E-state index in [1.54, 1.807) is 36.4 Å². The maximum absolute atomic E-state index is 12.1. The van der Waals surface area contributed by atoms with E-state index in [2.05, 4.69) is 10.6 Å². The van der Waals surface area contributed by atoms with Crippen molar-refractivity contribution >= 4 is 23.2 Å². The first-order valence-corrected chi connectivity index (χ1v) is 8.56. The van der Waals surface area contributed by atoms with Crippen LogP contribution in [0.2, 0.25) is 0 Å². The predicted molar refractivity (Wildman–Crippen MR) is 106 cm³/mol. The van der Waals surface area contributed by atoms with Gasteiger partial charge in [0.2, 0.25) is 0 Å². The van der Waals surface area contributed by atoms with Gasteiger partial charge in [0.25, 0.3) is 11.8 Å². The van der Waals surface area contributed by atoms with Crippen LogP contribution in [-0.2, 0) is 4.79 Å². The van der Waals surface area contributed by atoms with Gasteiger partial charge in [-0.15, -0.1) is 0 Å². The Morgan fingerprint density at radius 2 is 1.37 bits per heavy atom. The number of anilines is 2. The second-order valence-electron chi connectivity index (χ2n) is 6.00. The molecule has 3 aromatic rings. The zero-order valence-electron chi connectivity index (χ0n) is 14.9. The molecular weight excluding hydrogens is 340 g/mol. The average molecular weight is 360 g/mol. The summed E-state index contributed by atoms with van der Waals surface area (Å²) in [4.78, 5) is 24.2. The highest BCUT2D eigenvalue weighted by atomic mass is 16.5. The maximum Gasteiger partial charge on any atom is 0.262 e.